The standard InChI is InChI=1S/C26H29FN4O4/c1-16-4-3-5-23(35-2)19(16)14-29-8-10-30(11-9-29)22-13-17(27)12-18-20(22)15-31(26(18)34)21-6-7-24(32)28-25(21)33/h3-5,12-13,21H,6-11,14-15H2,1-2H3,(H,28,32,33). The molecule has 8 nitrogen and oxygen atoms in total. The molecule has 184 valence electrons. The predicted molar refractivity (Wildman–Crippen MR) is 128 cm³/mol. The van der Waals surface area contributed by atoms with Crippen LogP contribution >= 0.6 is 0 Å². The quantitative estimate of drug-likeness (QED) is 0.661. The first-order valence-electron chi connectivity index (χ1n) is 11.9. The summed E-state index contributed by atoms with van der Waals surface area (Å²) in [5.41, 5.74) is 4.10. The highest BCUT2D eigenvalue weighted by Gasteiger charge is 2.41. The Morgan fingerprint density at radius 1 is 1.11 bits per heavy atom. The lowest BCUT2D eigenvalue weighted by atomic mass is 10.0. The lowest BCUT2D eigenvalue weighted by molar-refractivity contribution is -0.136. The minimum atomic E-state index is -0.718. The number of carbonyl (C=O) groups is 3. The number of piperazine rings is 1. The Bertz CT molecular complexity index is 1190. The third kappa shape index (κ3) is 4.36. The summed E-state index contributed by atoms with van der Waals surface area (Å²) in [4.78, 5) is 43.0. The molecule has 35 heavy (non-hydrogen) atoms. The fourth-order valence-electron chi connectivity index (χ4n) is 5.33. The van der Waals surface area contributed by atoms with Gasteiger partial charge in [0.2, 0.25) is 11.8 Å². The molecule has 0 aliphatic carbocycles. The van der Waals surface area contributed by atoms with Gasteiger partial charge in [0.1, 0.15) is 17.6 Å². The molecule has 3 aliphatic rings. The maximum atomic E-state index is 14.6. The zero-order chi connectivity index (χ0) is 24.7. The maximum absolute atomic E-state index is 14.6. The average Bonchev–Trinajstić information content (AvgIpc) is 3.16. The van der Waals surface area contributed by atoms with Gasteiger partial charge >= 0.3 is 0 Å². The van der Waals surface area contributed by atoms with Gasteiger partial charge in [-0.15, -0.1) is 0 Å². The molecule has 3 aliphatic heterocycles. The largest absolute Gasteiger partial charge is 0.496 e. The fourth-order valence-corrected chi connectivity index (χ4v) is 5.33. The van der Waals surface area contributed by atoms with Gasteiger partial charge in [-0.25, -0.2) is 4.39 Å². The fraction of sp³-hybridized carbons (Fsp3) is 0.423. The molecule has 3 amide bonds. The molecule has 5 rings (SSSR count). The highest BCUT2D eigenvalue weighted by molar-refractivity contribution is 6.06. The second-order valence-electron chi connectivity index (χ2n) is 9.37. The molecule has 0 saturated carbocycles. The molecule has 0 bridgehead atoms. The lowest BCUT2D eigenvalue weighted by Gasteiger charge is -2.37. The minimum Gasteiger partial charge on any atom is -0.496 e. The van der Waals surface area contributed by atoms with Crippen LogP contribution in [-0.2, 0) is 22.7 Å². The van der Waals surface area contributed by atoms with Crippen molar-refractivity contribution in [1.29, 1.82) is 0 Å². The van der Waals surface area contributed by atoms with Gasteiger partial charge in [-0.3, -0.25) is 24.6 Å². The van der Waals surface area contributed by atoms with Crippen molar-refractivity contribution in [2.75, 3.05) is 38.2 Å². The Morgan fingerprint density at radius 2 is 1.89 bits per heavy atom. The Balaban J connectivity index is 1.32. The summed E-state index contributed by atoms with van der Waals surface area (Å²) < 4.78 is 20.1. The lowest BCUT2D eigenvalue weighted by Crippen LogP contribution is -2.52. The van der Waals surface area contributed by atoms with E-state index in [1.54, 1.807) is 7.11 Å². The number of fused-ring (bicyclic) bond motifs is 1. The molecule has 2 aromatic rings. The molecule has 2 saturated heterocycles. The molecule has 0 radical (unpaired) electrons. The number of hydrogen-bond acceptors (Lipinski definition) is 6. The third-order valence-electron chi connectivity index (χ3n) is 7.28. The molecule has 1 N–H and O–H groups in total. The van der Waals surface area contributed by atoms with Gasteiger partial charge in [-0.1, -0.05) is 12.1 Å². The summed E-state index contributed by atoms with van der Waals surface area (Å²) in [5, 5.41) is 2.31. The van der Waals surface area contributed by atoms with Gasteiger partial charge in [0, 0.05) is 68.1 Å². The van der Waals surface area contributed by atoms with Crippen molar-refractivity contribution in [3.63, 3.8) is 0 Å². The van der Waals surface area contributed by atoms with E-state index in [2.05, 4.69) is 28.1 Å². The van der Waals surface area contributed by atoms with Gasteiger partial charge < -0.3 is 14.5 Å². The van der Waals surface area contributed by atoms with E-state index < -0.39 is 17.8 Å². The van der Waals surface area contributed by atoms with Crippen molar-refractivity contribution in [2.45, 2.75) is 38.9 Å². The number of methoxy groups -OCH3 is 1. The van der Waals surface area contributed by atoms with Crippen molar-refractivity contribution in [2.24, 2.45) is 0 Å². The predicted octanol–water partition coefficient (Wildman–Crippen LogP) is 2.23. The van der Waals surface area contributed by atoms with Gasteiger partial charge in [0.25, 0.3) is 5.91 Å². The Hall–Kier alpha value is -3.46. The number of anilines is 1. The smallest absolute Gasteiger partial charge is 0.255 e. The van der Waals surface area contributed by atoms with E-state index in [1.807, 2.05) is 12.1 Å². The minimum absolute atomic E-state index is 0.186. The number of nitrogens with one attached hydrogen (secondary N) is 1. The number of benzene rings is 2. The van der Waals surface area contributed by atoms with Gasteiger partial charge in [0.05, 0.1) is 7.11 Å². The monoisotopic (exact) mass is 480 g/mol. The number of carbonyl (C=O) groups excluding carboxylic acids is 3. The van der Waals surface area contributed by atoms with Crippen LogP contribution in [0.2, 0.25) is 0 Å². The van der Waals surface area contributed by atoms with Gasteiger partial charge in [0.15, 0.2) is 0 Å². The topological polar surface area (TPSA) is 82.2 Å². The number of nitrogens with zero attached hydrogens (tertiary/aromatic N) is 3. The van der Waals surface area contributed by atoms with E-state index >= 15 is 0 Å². The number of hydrogen-bond donors (Lipinski definition) is 1. The molecule has 2 aromatic carbocycles. The summed E-state index contributed by atoms with van der Waals surface area (Å²) >= 11 is 0. The van der Waals surface area contributed by atoms with Crippen molar-refractivity contribution >= 4 is 23.4 Å². The summed E-state index contributed by atoms with van der Waals surface area (Å²) in [6, 6.07) is 8.06. The summed E-state index contributed by atoms with van der Waals surface area (Å²) in [6.45, 7) is 6.04. The number of amides is 3. The van der Waals surface area contributed by atoms with E-state index in [-0.39, 0.29) is 31.2 Å². The maximum Gasteiger partial charge on any atom is 0.255 e. The summed E-state index contributed by atoms with van der Waals surface area (Å²) in [5.74, 6) is -0.750. The van der Waals surface area contributed by atoms with Crippen LogP contribution < -0.4 is 15.0 Å². The number of rotatable bonds is 5. The highest BCUT2D eigenvalue weighted by atomic mass is 19.1. The van der Waals surface area contributed by atoms with Crippen LogP contribution in [0.3, 0.4) is 0 Å². The summed E-state index contributed by atoms with van der Waals surface area (Å²) in [7, 11) is 1.68. The van der Waals surface area contributed by atoms with Crippen LogP contribution in [0.15, 0.2) is 30.3 Å². The van der Waals surface area contributed by atoms with Gasteiger partial charge in [-0.2, -0.15) is 0 Å². The van der Waals surface area contributed by atoms with E-state index in [0.29, 0.717) is 24.3 Å². The molecule has 1 atom stereocenters. The van der Waals surface area contributed by atoms with Crippen molar-refractivity contribution in [3.8, 4) is 5.75 Å². The first-order chi connectivity index (χ1) is 16.9. The van der Waals surface area contributed by atoms with Crippen molar-refractivity contribution in [1.82, 2.24) is 15.1 Å². The SMILES string of the molecule is COc1cccc(C)c1CN1CCN(c2cc(F)cc3c2CN(C2CCC(=O)NC2=O)C3=O)CC1. The van der Waals surface area contributed by atoms with Crippen LogP contribution in [-0.4, -0.2) is 66.9 Å². The van der Waals surface area contributed by atoms with Crippen LogP contribution in [0, 0.1) is 12.7 Å². The Labute approximate surface area is 203 Å². The number of ether oxygens (including phenoxy) is 1. The van der Waals surface area contributed by atoms with Crippen LogP contribution in [0.4, 0.5) is 10.1 Å². The number of imide groups is 1. The first-order valence-corrected chi connectivity index (χ1v) is 11.9. The zero-order valence-electron chi connectivity index (χ0n) is 20.0. The van der Waals surface area contributed by atoms with E-state index in [0.717, 1.165) is 30.9 Å². The van der Waals surface area contributed by atoms with Crippen molar-refractivity contribution < 1.29 is 23.5 Å². The van der Waals surface area contributed by atoms with Gasteiger partial charge in [-0.05, 0) is 37.1 Å². The molecular formula is C26H29FN4O4. The number of piperidine rings is 1. The molecule has 1 unspecified atom stereocenters. The second kappa shape index (κ2) is 9.30. The normalized spacial score (nSPS) is 20.8. The first kappa shape index (κ1) is 23.3. The highest BCUT2D eigenvalue weighted by Crippen LogP contribution is 2.36. The third-order valence-corrected chi connectivity index (χ3v) is 7.28. The molecule has 2 fully saturated rings. The van der Waals surface area contributed by atoms with E-state index in [4.69, 9.17) is 4.74 Å². The van der Waals surface area contributed by atoms with E-state index in [9.17, 15) is 18.8 Å². The zero-order valence-corrected chi connectivity index (χ0v) is 20.0. The average molecular weight is 481 g/mol. The Kier molecular flexibility index (Phi) is 6.19. The van der Waals surface area contributed by atoms with Crippen LogP contribution in [0.1, 0.15) is 39.9 Å². The van der Waals surface area contributed by atoms with Crippen LogP contribution in [0.25, 0.3) is 0 Å². The molecule has 9 heteroatoms. The van der Waals surface area contributed by atoms with Crippen LogP contribution in [0.5, 0.6) is 5.75 Å². The second-order valence-corrected chi connectivity index (χ2v) is 9.37. The molecule has 0 spiro atoms. The van der Waals surface area contributed by atoms with Crippen molar-refractivity contribution in [3.05, 3.63) is 58.4 Å². The number of aryl methyl sites for hydroxylation is 1. The molecule has 0 aromatic heterocycles. The Morgan fingerprint density at radius 3 is 2.60 bits per heavy atom. The summed E-state index contributed by atoms with van der Waals surface area (Å²) in [6.07, 6.45) is 0.467. The molecule has 3 heterocycles. The van der Waals surface area contributed by atoms with E-state index in [1.165, 1.54) is 28.2 Å². The molecular weight excluding hydrogens is 451 g/mol. The number of halogens is 1.